The largest absolute Gasteiger partial charge is 0.500 e. The summed E-state index contributed by atoms with van der Waals surface area (Å²) in [5.74, 6) is 0. The van der Waals surface area contributed by atoms with E-state index in [0.717, 1.165) is 103 Å². The molecule has 11 heteroatoms. The molecule has 0 amide bonds. The van der Waals surface area contributed by atoms with Crippen molar-refractivity contribution in [2.24, 2.45) is 0 Å². The Morgan fingerprint density at radius 2 is 0.667 bits per heavy atom. The second-order valence-electron chi connectivity index (χ2n) is 12.0. The molecule has 0 N–H and O–H groups in total. The van der Waals surface area contributed by atoms with E-state index in [4.69, 9.17) is 26.6 Å². The summed E-state index contributed by atoms with van der Waals surface area (Å²) in [6, 6.07) is 1.88. The van der Waals surface area contributed by atoms with Gasteiger partial charge >= 0.3 is 17.6 Å². The van der Waals surface area contributed by atoms with Crippen molar-refractivity contribution in [3.05, 3.63) is 0 Å². The molecule has 2 atom stereocenters. The van der Waals surface area contributed by atoms with Crippen LogP contribution in [0.3, 0.4) is 0 Å². The van der Waals surface area contributed by atoms with Crippen LogP contribution in [0.2, 0.25) is 12.1 Å². The first-order valence-corrected chi connectivity index (χ1v) is 26.2. The Morgan fingerprint density at radius 3 is 0.911 bits per heavy atom. The van der Waals surface area contributed by atoms with Crippen molar-refractivity contribution in [1.82, 2.24) is 0 Å². The molecule has 0 fully saturated rings. The molecule has 45 heavy (non-hydrogen) atoms. The van der Waals surface area contributed by atoms with E-state index in [0.29, 0.717) is 10.5 Å². The van der Waals surface area contributed by atoms with Gasteiger partial charge in [0, 0.05) is 62.2 Å². The number of hydrogen-bond acceptors (Lipinski definition) is 9. The van der Waals surface area contributed by atoms with E-state index in [-0.39, 0.29) is 0 Å². The molecule has 0 rings (SSSR count). The van der Waals surface area contributed by atoms with Crippen LogP contribution in [0, 0.1) is 0 Å². The summed E-state index contributed by atoms with van der Waals surface area (Å²) < 4.78 is 38.0. The zero-order valence-corrected chi connectivity index (χ0v) is 35.2. The fourth-order valence-electron chi connectivity index (χ4n) is 4.91. The van der Waals surface area contributed by atoms with Crippen LogP contribution < -0.4 is 0 Å². The van der Waals surface area contributed by atoms with Gasteiger partial charge in [0.05, 0.1) is 0 Å². The Kier molecular flexibility index (Phi) is 33.3. The molecule has 0 saturated heterocycles. The van der Waals surface area contributed by atoms with Gasteiger partial charge in [-0.05, 0) is 86.9 Å². The second-order valence-corrected chi connectivity index (χ2v) is 22.1. The molecule has 0 aromatic carbocycles. The lowest BCUT2D eigenvalue weighted by Crippen LogP contribution is -2.46. The summed E-state index contributed by atoms with van der Waals surface area (Å²) in [6.07, 6.45) is 18.2. The Morgan fingerprint density at radius 1 is 0.378 bits per heavy atom. The third-order valence-corrected chi connectivity index (χ3v) is 18.2. The lowest BCUT2D eigenvalue weighted by molar-refractivity contribution is 0.0580. The quantitative estimate of drug-likeness (QED) is 0.0356. The van der Waals surface area contributed by atoms with Crippen molar-refractivity contribution >= 4 is 49.0 Å². The maximum Gasteiger partial charge on any atom is 0.500 e. The summed E-state index contributed by atoms with van der Waals surface area (Å²) in [5, 5.41) is 1.40. The van der Waals surface area contributed by atoms with Gasteiger partial charge in [0.15, 0.2) is 0 Å². The van der Waals surface area contributed by atoms with Gasteiger partial charge < -0.3 is 26.6 Å². The average molecular weight is 731 g/mol. The lowest BCUT2D eigenvalue weighted by atomic mass is 10.1. The van der Waals surface area contributed by atoms with Crippen LogP contribution >= 0.6 is 31.4 Å². The third-order valence-electron chi connectivity index (χ3n) is 7.25. The molecule has 0 saturated carbocycles. The Hall–Kier alpha value is 1.24. The first-order valence-electron chi connectivity index (χ1n) is 18.8. The zero-order chi connectivity index (χ0) is 33.5. The van der Waals surface area contributed by atoms with Crippen LogP contribution in [0.5, 0.6) is 0 Å². The highest BCUT2D eigenvalue weighted by Crippen LogP contribution is 2.45. The molecule has 0 aliphatic heterocycles. The number of hydrogen-bond donors (Lipinski definition) is 0. The third kappa shape index (κ3) is 24.1. The lowest BCUT2D eigenvalue weighted by Gasteiger charge is -2.30. The van der Waals surface area contributed by atoms with Crippen LogP contribution in [0.25, 0.3) is 0 Å². The average Bonchev–Trinajstić information content (AvgIpc) is 3.05. The van der Waals surface area contributed by atoms with Crippen molar-refractivity contribution < 1.29 is 26.6 Å². The molecule has 6 nitrogen and oxygen atoms in total. The van der Waals surface area contributed by atoms with Gasteiger partial charge in [0.2, 0.25) is 0 Å². The van der Waals surface area contributed by atoms with Gasteiger partial charge in [-0.3, -0.25) is 0 Å². The molecular weight excluding hydrogens is 657 g/mol. The van der Waals surface area contributed by atoms with E-state index in [9.17, 15) is 0 Å². The van der Waals surface area contributed by atoms with Crippen LogP contribution in [-0.4, -0.2) is 67.8 Å². The number of rotatable bonds is 36. The van der Waals surface area contributed by atoms with E-state index in [2.05, 4.69) is 77.0 Å². The molecule has 0 aliphatic rings. The molecule has 0 aliphatic carbocycles. The van der Waals surface area contributed by atoms with Crippen molar-refractivity contribution in [1.29, 1.82) is 0 Å². The van der Waals surface area contributed by atoms with Crippen molar-refractivity contribution in [3.8, 4) is 0 Å². The Balaban J connectivity index is 4.86. The van der Waals surface area contributed by atoms with E-state index >= 15 is 0 Å². The van der Waals surface area contributed by atoms with Gasteiger partial charge in [-0.25, -0.2) is 0 Å². The zero-order valence-electron chi connectivity index (χ0n) is 30.8. The summed E-state index contributed by atoms with van der Waals surface area (Å²) in [6.45, 7) is 22.0. The minimum absolute atomic E-state index is 0.698. The topological polar surface area (TPSA) is 55.4 Å². The van der Waals surface area contributed by atoms with Crippen molar-refractivity contribution in [3.63, 3.8) is 0 Å². The van der Waals surface area contributed by atoms with E-state index in [1.807, 2.05) is 9.83 Å². The molecule has 2 unspecified atom stereocenters. The fraction of sp³-hybridized carbons (Fsp3) is 1.00. The van der Waals surface area contributed by atoms with Crippen LogP contribution in [0.4, 0.5) is 0 Å². The molecule has 0 bridgehead atoms. The molecule has 272 valence electrons. The number of unbranched alkanes of at least 4 members (excludes halogenated alkanes) is 2. The highest BCUT2D eigenvalue weighted by Gasteiger charge is 2.41. The highest BCUT2D eigenvalue weighted by atomic mass is 33.5. The smallest absolute Gasteiger partial charge is 0.373 e. The Labute approximate surface area is 294 Å². The second kappa shape index (κ2) is 32.4. The van der Waals surface area contributed by atoms with E-state index in [1.165, 1.54) is 51.4 Å². The maximum atomic E-state index is 6.33. The standard InChI is InChI=1S/C34H74O6S3Si2/c1-9-21-33(23-17-19-31-44(35-25-11-3,36-26-12-4)37-27-13-5)41-43-42-34(22-10-2)24-18-20-32-45(38-28-14-6,39-29-15-7)40-30-16-8/h33-34H,9-32H2,1-8H3. The van der Waals surface area contributed by atoms with E-state index in [1.54, 1.807) is 0 Å². The predicted octanol–water partition coefficient (Wildman–Crippen LogP) is 12.1. The first-order chi connectivity index (χ1) is 21.9. The minimum Gasteiger partial charge on any atom is -0.373 e. The molecule has 0 heterocycles. The van der Waals surface area contributed by atoms with Gasteiger partial charge in [0.1, 0.15) is 0 Å². The van der Waals surface area contributed by atoms with E-state index < -0.39 is 17.6 Å². The highest BCUT2D eigenvalue weighted by molar-refractivity contribution is 9.09. The molecular formula is C34H74O6S3Si2. The maximum absolute atomic E-state index is 6.33. The fourth-order valence-corrected chi connectivity index (χ4v) is 16.6. The summed E-state index contributed by atoms with van der Waals surface area (Å²) in [5.41, 5.74) is 0. The molecule has 0 aromatic rings. The molecule has 0 radical (unpaired) electrons. The summed E-state index contributed by atoms with van der Waals surface area (Å²) in [4.78, 5) is 0. The predicted molar refractivity (Wildman–Crippen MR) is 206 cm³/mol. The van der Waals surface area contributed by atoms with Crippen LogP contribution in [0.15, 0.2) is 0 Å². The van der Waals surface area contributed by atoms with Gasteiger partial charge in [-0.15, -0.1) is 0 Å². The van der Waals surface area contributed by atoms with Crippen LogP contribution in [0.1, 0.15) is 158 Å². The first kappa shape index (κ1) is 46.2. The van der Waals surface area contributed by atoms with Gasteiger partial charge in [0.25, 0.3) is 0 Å². The van der Waals surface area contributed by atoms with Crippen LogP contribution in [-0.2, 0) is 26.6 Å². The van der Waals surface area contributed by atoms with Crippen molar-refractivity contribution in [2.45, 2.75) is 181 Å². The monoisotopic (exact) mass is 730 g/mol. The SMILES string of the molecule is CCCO[Si](CCCCC(CCC)SSSC(CCC)CCCC[Si](OCCC)(OCCC)OCCC)(OCCC)OCCC. The molecule has 0 aromatic heterocycles. The summed E-state index contributed by atoms with van der Waals surface area (Å²) >= 11 is 0. The minimum atomic E-state index is -2.58. The normalized spacial score (nSPS) is 13.9. The van der Waals surface area contributed by atoms with Crippen molar-refractivity contribution in [2.75, 3.05) is 39.6 Å². The molecule has 0 spiro atoms. The van der Waals surface area contributed by atoms with Gasteiger partial charge in [-0.1, -0.05) is 103 Å². The van der Waals surface area contributed by atoms with Gasteiger partial charge in [-0.2, -0.15) is 0 Å². The summed E-state index contributed by atoms with van der Waals surface area (Å²) in [7, 11) is 1.11. The Bertz CT molecular complexity index is 533.